The fourth-order valence-electron chi connectivity index (χ4n) is 3.78. The third-order valence-electron chi connectivity index (χ3n) is 5.37. The Labute approximate surface area is 189 Å². The summed E-state index contributed by atoms with van der Waals surface area (Å²) >= 11 is 0. The zero-order chi connectivity index (χ0) is 23.1. The van der Waals surface area contributed by atoms with Gasteiger partial charge >= 0.3 is 0 Å². The van der Waals surface area contributed by atoms with Crippen LogP contribution in [0.25, 0.3) is 28.1 Å². The van der Waals surface area contributed by atoms with E-state index in [4.69, 9.17) is 9.72 Å². The SMILES string of the molecule is COc1nc(Nc2nc(C)cc3c2nc(-c2ccc(F)cc2)n3C)ccc1-n1cnc(C)c1. The van der Waals surface area contributed by atoms with E-state index in [0.717, 1.165) is 34.0 Å². The topological polar surface area (TPSA) is 82.7 Å². The van der Waals surface area contributed by atoms with Gasteiger partial charge in [-0.05, 0) is 56.3 Å². The number of nitrogens with zero attached hydrogens (tertiary/aromatic N) is 6. The van der Waals surface area contributed by atoms with Gasteiger partial charge in [0.1, 0.15) is 28.7 Å². The first-order valence-electron chi connectivity index (χ1n) is 10.4. The van der Waals surface area contributed by atoms with Crippen molar-refractivity contribution in [1.29, 1.82) is 0 Å². The molecule has 1 aromatic carbocycles. The predicted octanol–water partition coefficient (Wildman–Crippen LogP) is 4.72. The van der Waals surface area contributed by atoms with Crippen molar-refractivity contribution in [2.45, 2.75) is 13.8 Å². The van der Waals surface area contributed by atoms with Gasteiger partial charge in [0.2, 0.25) is 5.88 Å². The average molecular weight is 443 g/mol. The third-order valence-corrected chi connectivity index (χ3v) is 5.37. The summed E-state index contributed by atoms with van der Waals surface area (Å²) in [6, 6.07) is 12.0. The van der Waals surface area contributed by atoms with Crippen LogP contribution in [-0.4, -0.2) is 36.2 Å². The third kappa shape index (κ3) is 3.78. The van der Waals surface area contributed by atoms with Crippen LogP contribution in [0.2, 0.25) is 0 Å². The Morgan fingerprint density at radius 1 is 0.970 bits per heavy atom. The van der Waals surface area contributed by atoms with E-state index in [-0.39, 0.29) is 5.82 Å². The number of pyridine rings is 2. The molecule has 9 heteroatoms. The number of ether oxygens (including phenoxy) is 1. The van der Waals surface area contributed by atoms with E-state index in [1.54, 1.807) is 25.6 Å². The van der Waals surface area contributed by atoms with Crippen molar-refractivity contribution in [2.24, 2.45) is 7.05 Å². The molecule has 5 aromatic rings. The molecule has 0 aliphatic carbocycles. The number of nitrogens with one attached hydrogen (secondary N) is 1. The zero-order valence-electron chi connectivity index (χ0n) is 18.7. The molecule has 0 unspecified atom stereocenters. The minimum atomic E-state index is -0.285. The van der Waals surface area contributed by atoms with Crippen molar-refractivity contribution in [2.75, 3.05) is 12.4 Å². The zero-order valence-corrected chi connectivity index (χ0v) is 18.7. The van der Waals surface area contributed by atoms with Gasteiger partial charge in [0.15, 0.2) is 5.82 Å². The molecule has 0 aliphatic heterocycles. The van der Waals surface area contributed by atoms with Crippen LogP contribution in [0.4, 0.5) is 16.0 Å². The van der Waals surface area contributed by atoms with E-state index in [0.29, 0.717) is 23.0 Å². The van der Waals surface area contributed by atoms with Crippen LogP contribution >= 0.6 is 0 Å². The van der Waals surface area contributed by atoms with E-state index in [2.05, 4.69) is 20.3 Å². The summed E-state index contributed by atoms with van der Waals surface area (Å²) in [6.45, 7) is 3.85. The first-order chi connectivity index (χ1) is 15.9. The van der Waals surface area contributed by atoms with Gasteiger partial charge < -0.3 is 19.2 Å². The summed E-state index contributed by atoms with van der Waals surface area (Å²) < 4.78 is 22.8. The lowest BCUT2D eigenvalue weighted by atomic mass is 10.2. The number of imidazole rings is 2. The lowest BCUT2D eigenvalue weighted by molar-refractivity contribution is 0.396. The first kappa shape index (κ1) is 20.6. The molecule has 0 bridgehead atoms. The van der Waals surface area contributed by atoms with Crippen molar-refractivity contribution in [3.63, 3.8) is 0 Å². The van der Waals surface area contributed by atoms with Crippen molar-refractivity contribution >= 4 is 22.7 Å². The molecule has 1 N–H and O–H groups in total. The second-order valence-corrected chi connectivity index (χ2v) is 7.75. The van der Waals surface area contributed by atoms with Crippen molar-refractivity contribution in [3.8, 4) is 23.0 Å². The maximum absolute atomic E-state index is 13.4. The number of aromatic nitrogens is 6. The molecule has 0 saturated heterocycles. The van der Waals surface area contributed by atoms with Gasteiger partial charge in [0, 0.05) is 24.5 Å². The maximum atomic E-state index is 13.4. The van der Waals surface area contributed by atoms with Crippen molar-refractivity contribution in [3.05, 3.63) is 72.2 Å². The summed E-state index contributed by atoms with van der Waals surface area (Å²) in [5.74, 6) is 2.04. The molecule has 0 saturated carbocycles. The summed E-state index contributed by atoms with van der Waals surface area (Å²) in [5.41, 5.74) is 4.93. The van der Waals surface area contributed by atoms with Crippen LogP contribution in [-0.2, 0) is 7.05 Å². The minimum absolute atomic E-state index is 0.285. The van der Waals surface area contributed by atoms with Crippen molar-refractivity contribution < 1.29 is 9.13 Å². The second-order valence-electron chi connectivity index (χ2n) is 7.75. The quantitative estimate of drug-likeness (QED) is 0.423. The van der Waals surface area contributed by atoms with Crippen LogP contribution in [0, 0.1) is 19.7 Å². The Morgan fingerprint density at radius 2 is 1.76 bits per heavy atom. The van der Waals surface area contributed by atoms with Gasteiger partial charge in [0.05, 0.1) is 24.6 Å². The molecular weight excluding hydrogens is 421 g/mol. The van der Waals surface area contributed by atoms with E-state index >= 15 is 0 Å². The first-order valence-corrected chi connectivity index (χ1v) is 10.4. The molecule has 166 valence electrons. The van der Waals surface area contributed by atoms with Gasteiger partial charge in [-0.15, -0.1) is 0 Å². The van der Waals surface area contributed by atoms with E-state index in [1.807, 2.05) is 54.4 Å². The smallest absolute Gasteiger partial charge is 0.240 e. The molecule has 0 amide bonds. The molecule has 4 heterocycles. The number of hydrogen-bond acceptors (Lipinski definition) is 6. The van der Waals surface area contributed by atoms with Gasteiger partial charge in [-0.2, -0.15) is 4.98 Å². The molecular formula is C24H22FN7O. The molecule has 0 radical (unpaired) electrons. The van der Waals surface area contributed by atoms with Gasteiger partial charge in [-0.25, -0.2) is 19.3 Å². The Balaban J connectivity index is 1.56. The standard InChI is InChI=1S/C24H22FN7O/c1-14-11-19-21(30-23(31(19)3)16-5-7-17(25)8-6-16)22(27-14)28-20-10-9-18(24(29-20)33-4)32-12-15(2)26-13-32/h5-13H,1-4H3,(H,27,28,29). The fraction of sp³-hybridized carbons (Fsp3) is 0.167. The van der Waals surface area contributed by atoms with Crippen molar-refractivity contribution in [1.82, 2.24) is 29.1 Å². The number of hydrogen-bond donors (Lipinski definition) is 1. The molecule has 0 aliphatic rings. The molecule has 5 rings (SSSR count). The van der Waals surface area contributed by atoms with Crippen LogP contribution in [0.1, 0.15) is 11.4 Å². The number of aryl methyl sites for hydroxylation is 3. The van der Waals surface area contributed by atoms with Crippen LogP contribution in [0.3, 0.4) is 0 Å². The van der Waals surface area contributed by atoms with Crippen LogP contribution < -0.4 is 10.1 Å². The number of fused-ring (bicyclic) bond motifs is 1. The summed E-state index contributed by atoms with van der Waals surface area (Å²) in [4.78, 5) is 18.3. The normalized spacial score (nSPS) is 11.2. The molecule has 4 aromatic heterocycles. The number of halogens is 1. The Bertz CT molecular complexity index is 1470. The Kier molecular flexibility index (Phi) is 5.01. The number of methoxy groups -OCH3 is 1. The number of benzene rings is 1. The number of anilines is 2. The lowest BCUT2D eigenvalue weighted by Crippen LogP contribution is -2.03. The van der Waals surface area contributed by atoms with Gasteiger partial charge in [-0.1, -0.05) is 0 Å². The van der Waals surface area contributed by atoms with E-state index in [1.165, 1.54) is 12.1 Å². The highest BCUT2D eigenvalue weighted by Crippen LogP contribution is 2.31. The molecule has 0 atom stereocenters. The highest BCUT2D eigenvalue weighted by atomic mass is 19.1. The summed E-state index contributed by atoms with van der Waals surface area (Å²) in [5, 5.41) is 3.28. The summed E-state index contributed by atoms with van der Waals surface area (Å²) in [6.07, 6.45) is 3.63. The Hall–Kier alpha value is -4.27. The monoisotopic (exact) mass is 443 g/mol. The molecule has 33 heavy (non-hydrogen) atoms. The van der Waals surface area contributed by atoms with Gasteiger partial charge in [-0.3, -0.25) is 0 Å². The molecule has 0 spiro atoms. The fourth-order valence-corrected chi connectivity index (χ4v) is 3.78. The van der Waals surface area contributed by atoms with E-state index in [9.17, 15) is 4.39 Å². The maximum Gasteiger partial charge on any atom is 0.240 e. The minimum Gasteiger partial charge on any atom is -0.479 e. The van der Waals surface area contributed by atoms with Gasteiger partial charge in [0.25, 0.3) is 0 Å². The highest BCUT2D eigenvalue weighted by Gasteiger charge is 2.16. The van der Waals surface area contributed by atoms with E-state index < -0.39 is 0 Å². The van der Waals surface area contributed by atoms with Crippen LogP contribution in [0.15, 0.2) is 55.0 Å². The average Bonchev–Trinajstić information content (AvgIpc) is 3.38. The number of rotatable bonds is 5. The largest absolute Gasteiger partial charge is 0.479 e. The van der Waals surface area contributed by atoms with Crippen LogP contribution in [0.5, 0.6) is 5.88 Å². The lowest BCUT2D eigenvalue weighted by Gasteiger charge is -2.12. The molecule has 8 nitrogen and oxygen atoms in total. The summed E-state index contributed by atoms with van der Waals surface area (Å²) in [7, 11) is 3.51. The Morgan fingerprint density at radius 3 is 2.45 bits per heavy atom. The predicted molar refractivity (Wildman–Crippen MR) is 125 cm³/mol. The second kappa shape index (κ2) is 8.01. The molecule has 0 fully saturated rings. The highest BCUT2D eigenvalue weighted by molar-refractivity contribution is 5.91.